The van der Waals surface area contributed by atoms with Crippen molar-refractivity contribution in [1.29, 1.82) is 0 Å². The molecule has 0 bridgehead atoms. The Bertz CT molecular complexity index is 1120. The highest BCUT2D eigenvalue weighted by molar-refractivity contribution is 6.12. The number of fused-ring (bicyclic) bond motifs is 2. The van der Waals surface area contributed by atoms with Gasteiger partial charge < -0.3 is 19.7 Å². The van der Waals surface area contributed by atoms with Crippen molar-refractivity contribution >= 4 is 28.0 Å². The van der Waals surface area contributed by atoms with E-state index in [1.807, 2.05) is 10.7 Å². The number of nitro groups is 1. The van der Waals surface area contributed by atoms with Gasteiger partial charge in [0.2, 0.25) is 0 Å². The van der Waals surface area contributed by atoms with E-state index in [9.17, 15) is 10.1 Å². The number of benzene rings is 2. The quantitative estimate of drug-likeness (QED) is 0.345. The van der Waals surface area contributed by atoms with E-state index in [0.29, 0.717) is 35.1 Å². The lowest BCUT2D eigenvalue weighted by atomic mass is 9.98. The zero-order valence-electron chi connectivity index (χ0n) is 17.6. The van der Waals surface area contributed by atoms with Crippen LogP contribution >= 0.6 is 0 Å². The van der Waals surface area contributed by atoms with E-state index in [0.717, 1.165) is 36.1 Å². The molecule has 0 atom stereocenters. The number of hydrogen-bond donors (Lipinski definition) is 1. The monoisotopic (exact) mass is 411 g/mol. The van der Waals surface area contributed by atoms with Crippen molar-refractivity contribution in [3.8, 4) is 22.8 Å². The van der Waals surface area contributed by atoms with Crippen molar-refractivity contribution in [2.24, 2.45) is 0 Å². The van der Waals surface area contributed by atoms with Crippen LogP contribution in [0.3, 0.4) is 0 Å². The third kappa shape index (κ3) is 3.11. The van der Waals surface area contributed by atoms with Gasteiger partial charge in [0.25, 0.3) is 5.69 Å². The fourth-order valence-corrected chi connectivity index (χ4v) is 3.99. The molecule has 2 heterocycles. The summed E-state index contributed by atoms with van der Waals surface area (Å²) < 4.78 is 12.8. The van der Waals surface area contributed by atoms with Crippen molar-refractivity contribution in [3.05, 3.63) is 34.4 Å². The van der Waals surface area contributed by atoms with Crippen LogP contribution < -0.4 is 14.8 Å². The molecule has 0 spiro atoms. The summed E-state index contributed by atoms with van der Waals surface area (Å²) in [4.78, 5) is 13.6. The summed E-state index contributed by atoms with van der Waals surface area (Å²) in [6.45, 7) is 7.72. The van der Waals surface area contributed by atoms with Gasteiger partial charge in [0, 0.05) is 24.2 Å². The van der Waals surface area contributed by atoms with Crippen LogP contribution in [0, 0.1) is 10.1 Å². The van der Waals surface area contributed by atoms with Gasteiger partial charge in [-0.25, -0.2) is 0 Å². The van der Waals surface area contributed by atoms with E-state index in [-0.39, 0.29) is 10.6 Å². The predicted molar refractivity (Wildman–Crippen MR) is 116 cm³/mol. The highest BCUT2D eigenvalue weighted by Crippen LogP contribution is 2.49. The Labute approximate surface area is 174 Å². The Kier molecular flexibility index (Phi) is 5.21. The molecular formula is C21H25N5O4. The van der Waals surface area contributed by atoms with Gasteiger partial charge in [-0.3, -0.25) is 14.8 Å². The van der Waals surface area contributed by atoms with Crippen LogP contribution in [-0.4, -0.2) is 53.5 Å². The fourth-order valence-electron chi connectivity index (χ4n) is 3.99. The van der Waals surface area contributed by atoms with Crippen molar-refractivity contribution in [1.82, 2.24) is 14.7 Å². The first-order chi connectivity index (χ1) is 14.5. The molecule has 0 fully saturated rings. The average molecular weight is 411 g/mol. The molecule has 1 N–H and O–H groups in total. The van der Waals surface area contributed by atoms with Gasteiger partial charge in [0.05, 0.1) is 42.3 Å². The molecule has 1 aliphatic rings. The van der Waals surface area contributed by atoms with Crippen molar-refractivity contribution < 1.29 is 14.4 Å². The number of hydrogen-bond acceptors (Lipinski definition) is 7. The molecule has 0 amide bonds. The number of ether oxygens (including phenoxy) is 2. The minimum Gasteiger partial charge on any atom is -0.493 e. The number of methoxy groups -OCH3 is 2. The van der Waals surface area contributed by atoms with Crippen LogP contribution in [0.4, 0.5) is 17.1 Å². The number of nitro benzene ring substituents is 1. The molecule has 4 rings (SSSR count). The number of nitrogens with zero attached hydrogens (tertiary/aromatic N) is 4. The number of rotatable bonds is 8. The zero-order valence-corrected chi connectivity index (χ0v) is 17.6. The first kappa shape index (κ1) is 20.0. The summed E-state index contributed by atoms with van der Waals surface area (Å²) in [5.74, 6) is 1.13. The summed E-state index contributed by atoms with van der Waals surface area (Å²) in [6, 6.07) is 6.97. The Balaban J connectivity index is 1.92. The van der Waals surface area contributed by atoms with Gasteiger partial charge >= 0.3 is 0 Å². The summed E-state index contributed by atoms with van der Waals surface area (Å²) in [5, 5.41) is 20.5. The molecule has 1 aromatic heterocycles. The van der Waals surface area contributed by atoms with E-state index in [1.165, 1.54) is 6.07 Å². The maximum atomic E-state index is 11.7. The summed E-state index contributed by atoms with van der Waals surface area (Å²) in [6.07, 6.45) is 0. The molecule has 0 aliphatic carbocycles. The lowest BCUT2D eigenvalue weighted by molar-refractivity contribution is -0.383. The second kappa shape index (κ2) is 7.83. The summed E-state index contributed by atoms with van der Waals surface area (Å²) >= 11 is 0. The van der Waals surface area contributed by atoms with E-state index < -0.39 is 0 Å². The minimum absolute atomic E-state index is 0.0208. The molecule has 0 saturated carbocycles. The topological polar surface area (TPSA) is 94.7 Å². The van der Waals surface area contributed by atoms with Gasteiger partial charge in [-0.05, 0) is 25.2 Å². The van der Waals surface area contributed by atoms with Crippen LogP contribution in [0.25, 0.3) is 22.2 Å². The largest absolute Gasteiger partial charge is 0.493 e. The summed E-state index contributed by atoms with van der Waals surface area (Å²) in [7, 11) is 3.14. The second-order valence-corrected chi connectivity index (χ2v) is 7.09. The van der Waals surface area contributed by atoms with Crippen molar-refractivity contribution in [3.63, 3.8) is 0 Å². The molecule has 3 aromatic rings. The first-order valence-electron chi connectivity index (χ1n) is 9.96. The molecule has 30 heavy (non-hydrogen) atoms. The van der Waals surface area contributed by atoms with Gasteiger partial charge in [-0.1, -0.05) is 13.8 Å². The molecule has 0 saturated heterocycles. The fraction of sp³-hybridized carbons (Fsp3) is 0.381. The number of nitrogens with one attached hydrogen (secondary N) is 1. The number of aromatic nitrogens is 2. The lowest BCUT2D eigenvalue weighted by Gasteiger charge is -2.20. The average Bonchev–Trinajstić information content (AvgIpc) is 3.13. The molecular weight excluding hydrogens is 386 g/mol. The highest BCUT2D eigenvalue weighted by atomic mass is 16.6. The number of anilines is 2. The molecule has 158 valence electrons. The second-order valence-electron chi connectivity index (χ2n) is 7.09. The van der Waals surface area contributed by atoms with Crippen LogP contribution in [0.1, 0.15) is 13.8 Å². The summed E-state index contributed by atoms with van der Waals surface area (Å²) in [5.41, 5.74) is 3.58. The highest BCUT2D eigenvalue weighted by Gasteiger charge is 2.30. The molecule has 2 aromatic carbocycles. The maximum Gasteiger partial charge on any atom is 0.293 e. The van der Waals surface area contributed by atoms with E-state index >= 15 is 0 Å². The number of likely N-dealkylation sites (N-methyl/N-ethyl adjacent to an activating group) is 1. The molecule has 1 aliphatic heterocycles. The zero-order chi connectivity index (χ0) is 21.4. The van der Waals surface area contributed by atoms with Crippen LogP contribution in [-0.2, 0) is 6.54 Å². The van der Waals surface area contributed by atoms with E-state index in [4.69, 9.17) is 14.6 Å². The Hall–Kier alpha value is -3.33. The Morgan fingerprint density at radius 1 is 1.17 bits per heavy atom. The van der Waals surface area contributed by atoms with Crippen LogP contribution in [0.15, 0.2) is 24.3 Å². The lowest BCUT2D eigenvalue weighted by Crippen LogP contribution is -2.27. The first-order valence-corrected chi connectivity index (χ1v) is 9.96. The van der Waals surface area contributed by atoms with E-state index in [2.05, 4.69) is 24.1 Å². The Morgan fingerprint density at radius 3 is 2.50 bits per heavy atom. The normalized spacial score (nSPS) is 12.0. The van der Waals surface area contributed by atoms with Gasteiger partial charge in [-0.2, -0.15) is 5.10 Å². The Morgan fingerprint density at radius 2 is 1.87 bits per heavy atom. The molecule has 9 nitrogen and oxygen atoms in total. The third-order valence-electron chi connectivity index (χ3n) is 5.65. The maximum absolute atomic E-state index is 11.7. The molecule has 9 heteroatoms. The minimum atomic E-state index is -0.370. The van der Waals surface area contributed by atoms with E-state index in [1.54, 1.807) is 26.4 Å². The molecule has 0 radical (unpaired) electrons. The smallest absolute Gasteiger partial charge is 0.293 e. The predicted octanol–water partition coefficient (Wildman–Crippen LogP) is 4.03. The standard InChI is InChI=1S/C21H25N5O4/c1-5-24(6-2)9-10-25-15-7-8-16(26(27)28)21-19(15)20(23-25)13-11-17(29-3)18(30-4)12-14(13)22-21/h7-8,11-12,22H,5-6,9-10H2,1-4H3. The van der Waals surface area contributed by atoms with Gasteiger partial charge in [-0.15, -0.1) is 0 Å². The van der Waals surface area contributed by atoms with Gasteiger partial charge in [0.1, 0.15) is 11.4 Å². The third-order valence-corrected chi connectivity index (χ3v) is 5.65. The van der Waals surface area contributed by atoms with Crippen LogP contribution in [0.2, 0.25) is 0 Å². The van der Waals surface area contributed by atoms with Crippen molar-refractivity contribution in [2.75, 3.05) is 39.2 Å². The molecule has 0 unspecified atom stereocenters. The van der Waals surface area contributed by atoms with Gasteiger partial charge in [0.15, 0.2) is 11.5 Å². The van der Waals surface area contributed by atoms with Crippen molar-refractivity contribution in [2.45, 2.75) is 20.4 Å². The van der Waals surface area contributed by atoms with Crippen LogP contribution in [0.5, 0.6) is 11.5 Å². The SMILES string of the molecule is CCN(CC)CCn1nc2c3c(c([N+](=O)[O-])ccc31)Nc1cc(OC)c(OC)cc1-2.